The first kappa shape index (κ1) is 19.6. The highest BCUT2D eigenvalue weighted by atomic mass is 16.5. The van der Waals surface area contributed by atoms with Crippen molar-refractivity contribution in [1.82, 2.24) is 15.0 Å². The molecule has 2 heterocycles. The van der Waals surface area contributed by atoms with Crippen LogP contribution in [0.2, 0.25) is 0 Å². The molecule has 1 atom stereocenters. The van der Waals surface area contributed by atoms with Crippen molar-refractivity contribution in [3.05, 3.63) is 108 Å². The van der Waals surface area contributed by atoms with Crippen LogP contribution < -0.4 is 4.74 Å². The van der Waals surface area contributed by atoms with Crippen LogP contribution in [0.1, 0.15) is 37.2 Å². The van der Waals surface area contributed by atoms with Crippen LogP contribution in [0.4, 0.5) is 0 Å². The fourth-order valence-corrected chi connectivity index (χ4v) is 3.31. The Labute approximate surface area is 177 Å². The largest absolute Gasteiger partial charge is 0.482 e. The molecule has 1 unspecified atom stereocenters. The second-order valence-corrected chi connectivity index (χ2v) is 6.61. The lowest BCUT2D eigenvalue weighted by Crippen LogP contribution is -2.12. The monoisotopic (exact) mass is 393 g/mol. The molecule has 0 fully saturated rings. The van der Waals surface area contributed by atoms with E-state index in [0.717, 1.165) is 23.3 Å². The highest BCUT2D eigenvalue weighted by molar-refractivity contribution is 5.73. The summed E-state index contributed by atoms with van der Waals surface area (Å²) in [5.74, 6) is 2.83. The van der Waals surface area contributed by atoms with Gasteiger partial charge in [-0.25, -0.2) is 15.0 Å². The fraction of sp³-hybridized carbons (Fsp3) is 0.154. The Hall–Kier alpha value is -3.75. The predicted molar refractivity (Wildman–Crippen MR) is 120 cm³/mol. The summed E-state index contributed by atoms with van der Waals surface area (Å²) in [6, 6.07) is 18.0. The summed E-state index contributed by atoms with van der Waals surface area (Å²) in [7, 11) is 0. The van der Waals surface area contributed by atoms with E-state index < -0.39 is 0 Å². The normalized spacial score (nSPS) is 16.1. The molecule has 0 radical (unpaired) electrons. The molecule has 3 aromatic rings. The number of aromatic nitrogens is 3. The number of hydrogen-bond donors (Lipinski definition) is 0. The highest BCUT2D eigenvalue weighted by Crippen LogP contribution is 2.35. The van der Waals surface area contributed by atoms with Gasteiger partial charge < -0.3 is 4.74 Å². The van der Waals surface area contributed by atoms with Gasteiger partial charge in [0.25, 0.3) is 0 Å². The number of para-hydroxylation sites is 1. The maximum absolute atomic E-state index is 6.13. The molecule has 0 saturated carbocycles. The summed E-state index contributed by atoms with van der Waals surface area (Å²) < 4.78 is 6.13. The van der Waals surface area contributed by atoms with Gasteiger partial charge in [-0.1, -0.05) is 74.5 Å². The SMILES string of the molecule is C1=CC=CC(c2nc(-c3ccccc3)nc(C3Cc4ccccc4O3)n2)=CC=1.CC. The van der Waals surface area contributed by atoms with Gasteiger partial charge in [0.15, 0.2) is 23.6 Å². The van der Waals surface area contributed by atoms with Crippen molar-refractivity contribution in [2.24, 2.45) is 0 Å². The van der Waals surface area contributed by atoms with Gasteiger partial charge in [-0.3, -0.25) is 0 Å². The summed E-state index contributed by atoms with van der Waals surface area (Å²) in [5.41, 5.74) is 6.11. The highest BCUT2D eigenvalue weighted by Gasteiger charge is 2.27. The smallest absolute Gasteiger partial charge is 0.174 e. The molecule has 2 aromatic carbocycles. The van der Waals surface area contributed by atoms with E-state index in [-0.39, 0.29) is 6.10 Å². The van der Waals surface area contributed by atoms with E-state index in [1.165, 1.54) is 5.56 Å². The topological polar surface area (TPSA) is 47.9 Å². The van der Waals surface area contributed by atoms with Gasteiger partial charge in [0.2, 0.25) is 0 Å². The molecule has 1 aliphatic carbocycles. The maximum Gasteiger partial charge on any atom is 0.174 e. The quantitative estimate of drug-likeness (QED) is 0.519. The van der Waals surface area contributed by atoms with Gasteiger partial charge in [0.05, 0.1) is 0 Å². The number of rotatable bonds is 3. The molecule has 30 heavy (non-hydrogen) atoms. The Morgan fingerprint density at radius 1 is 0.867 bits per heavy atom. The molecule has 0 N–H and O–H groups in total. The Morgan fingerprint density at radius 3 is 2.47 bits per heavy atom. The van der Waals surface area contributed by atoms with Crippen molar-refractivity contribution in [3.8, 4) is 17.1 Å². The summed E-state index contributed by atoms with van der Waals surface area (Å²) in [6.07, 6.45) is 10.1. The van der Waals surface area contributed by atoms with Crippen LogP contribution in [0.3, 0.4) is 0 Å². The zero-order valence-electron chi connectivity index (χ0n) is 17.1. The Morgan fingerprint density at radius 2 is 1.63 bits per heavy atom. The predicted octanol–water partition coefficient (Wildman–Crippen LogP) is 5.91. The summed E-state index contributed by atoms with van der Waals surface area (Å²) in [4.78, 5) is 14.2. The number of benzene rings is 2. The molecular weight excluding hydrogens is 370 g/mol. The summed E-state index contributed by atoms with van der Waals surface area (Å²) in [6.45, 7) is 4.00. The van der Waals surface area contributed by atoms with Gasteiger partial charge >= 0.3 is 0 Å². The summed E-state index contributed by atoms with van der Waals surface area (Å²) >= 11 is 0. The number of hydrogen-bond acceptors (Lipinski definition) is 4. The first-order valence-electron chi connectivity index (χ1n) is 10.2. The van der Waals surface area contributed by atoms with Crippen LogP contribution in [0.25, 0.3) is 17.0 Å². The second-order valence-electron chi connectivity index (χ2n) is 6.61. The molecule has 4 nitrogen and oxygen atoms in total. The molecule has 0 amide bonds. The van der Waals surface area contributed by atoms with Crippen LogP contribution in [0.15, 0.2) is 90.7 Å². The van der Waals surface area contributed by atoms with E-state index in [9.17, 15) is 0 Å². The van der Waals surface area contributed by atoms with E-state index in [2.05, 4.69) is 11.8 Å². The van der Waals surface area contributed by atoms with E-state index in [1.54, 1.807) is 0 Å². The standard InChI is InChI=1S/C24H17N3O.C2H6/c1-2-5-11-17(10-4-1)22-25-23(18-12-6-3-7-13-18)27-24(26-22)21-16-19-14-8-9-15-20(19)28-21;1-2/h1,3-15,21H,16H2;1-2H3. The minimum atomic E-state index is -0.217. The Kier molecular flexibility index (Phi) is 5.98. The zero-order chi connectivity index (χ0) is 20.8. The van der Waals surface area contributed by atoms with Gasteiger partial charge in [-0.2, -0.15) is 0 Å². The molecule has 4 heteroatoms. The Balaban J connectivity index is 0.00000106. The Bertz CT molecular complexity index is 1130. The van der Waals surface area contributed by atoms with Crippen molar-refractivity contribution in [3.63, 3.8) is 0 Å². The van der Waals surface area contributed by atoms with Crippen LogP contribution in [-0.4, -0.2) is 15.0 Å². The third-order valence-corrected chi connectivity index (χ3v) is 4.71. The van der Waals surface area contributed by atoms with Crippen LogP contribution in [0, 0.1) is 0 Å². The zero-order valence-corrected chi connectivity index (χ0v) is 17.1. The first-order valence-corrected chi connectivity index (χ1v) is 10.2. The summed E-state index contributed by atoms with van der Waals surface area (Å²) in [5, 5.41) is 0. The van der Waals surface area contributed by atoms with Crippen molar-refractivity contribution < 1.29 is 4.74 Å². The second kappa shape index (κ2) is 9.17. The van der Waals surface area contributed by atoms with Crippen molar-refractivity contribution in [2.45, 2.75) is 26.4 Å². The third-order valence-electron chi connectivity index (χ3n) is 4.71. The lowest BCUT2D eigenvalue weighted by Gasteiger charge is -2.13. The van der Waals surface area contributed by atoms with Gasteiger partial charge in [-0.15, -0.1) is 5.73 Å². The van der Waals surface area contributed by atoms with Crippen molar-refractivity contribution in [2.75, 3.05) is 0 Å². The molecule has 5 rings (SSSR count). The molecule has 148 valence electrons. The van der Waals surface area contributed by atoms with Crippen LogP contribution >= 0.6 is 0 Å². The van der Waals surface area contributed by atoms with E-state index >= 15 is 0 Å². The van der Waals surface area contributed by atoms with Gasteiger partial charge in [0, 0.05) is 17.6 Å². The van der Waals surface area contributed by atoms with Crippen molar-refractivity contribution in [1.29, 1.82) is 0 Å². The lowest BCUT2D eigenvalue weighted by atomic mass is 10.1. The number of nitrogens with zero attached hydrogens (tertiary/aromatic N) is 3. The molecule has 1 aromatic heterocycles. The fourth-order valence-electron chi connectivity index (χ4n) is 3.31. The van der Waals surface area contributed by atoms with Crippen molar-refractivity contribution >= 4 is 5.57 Å². The molecular formula is C26H23N3O. The number of ether oxygens (including phenoxy) is 1. The van der Waals surface area contributed by atoms with E-state index in [0.29, 0.717) is 17.5 Å². The van der Waals surface area contributed by atoms with Crippen LogP contribution in [-0.2, 0) is 6.42 Å². The minimum Gasteiger partial charge on any atom is -0.482 e. The molecule has 0 spiro atoms. The first-order chi connectivity index (χ1) is 14.9. The molecule has 1 aliphatic heterocycles. The third kappa shape index (κ3) is 4.14. The van der Waals surface area contributed by atoms with Crippen LogP contribution in [0.5, 0.6) is 5.75 Å². The van der Waals surface area contributed by atoms with E-state index in [4.69, 9.17) is 19.7 Å². The number of allylic oxidation sites excluding steroid dienone is 5. The van der Waals surface area contributed by atoms with Gasteiger partial charge in [0.1, 0.15) is 5.75 Å². The van der Waals surface area contributed by atoms with E-state index in [1.807, 2.05) is 92.8 Å². The lowest BCUT2D eigenvalue weighted by molar-refractivity contribution is 0.227. The minimum absolute atomic E-state index is 0.217. The average Bonchev–Trinajstić information content (AvgIpc) is 3.07. The molecule has 0 saturated heterocycles. The number of fused-ring (bicyclic) bond motifs is 1. The molecule has 2 aliphatic rings. The van der Waals surface area contributed by atoms with Gasteiger partial charge in [-0.05, 0) is 29.9 Å². The molecule has 0 bridgehead atoms. The average molecular weight is 393 g/mol. The maximum atomic E-state index is 6.13.